The van der Waals surface area contributed by atoms with Gasteiger partial charge in [-0.2, -0.15) is 0 Å². The molecule has 3 rings (SSSR count). The molecular weight excluding hydrogens is 338 g/mol. The van der Waals surface area contributed by atoms with Crippen LogP contribution in [0.3, 0.4) is 0 Å². The smallest absolute Gasteiger partial charge is 0.412 e. The fourth-order valence-corrected chi connectivity index (χ4v) is 2.69. The second kappa shape index (κ2) is 6.92. The van der Waals surface area contributed by atoms with Gasteiger partial charge in [0.25, 0.3) is 0 Å². The molecular formula is C13H19N5O7. The summed E-state index contributed by atoms with van der Waals surface area (Å²) in [6.45, 7) is 1.22. The Balaban J connectivity index is 1.69. The topological polar surface area (TPSA) is 159 Å². The van der Waals surface area contributed by atoms with Crippen LogP contribution in [-0.4, -0.2) is 84.9 Å². The van der Waals surface area contributed by atoms with Gasteiger partial charge in [0.15, 0.2) is 6.23 Å². The normalized spacial score (nSPS) is 32.6. The molecule has 0 bridgehead atoms. The van der Waals surface area contributed by atoms with Crippen molar-refractivity contribution in [3.05, 3.63) is 11.9 Å². The summed E-state index contributed by atoms with van der Waals surface area (Å²) >= 11 is 0. The van der Waals surface area contributed by atoms with Gasteiger partial charge in [-0.05, 0) is 0 Å². The number of carbonyl (C=O) groups excluding carboxylic acids is 2. The van der Waals surface area contributed by atoms with E-state index in [0.717, 1.165) is 0 Å². The highest BCUT2D eigenvalue weighted by atomic mass is 16.6. The second-order valence-electron chi connectivity index (χ2n) is 5.88. The fraction of sp³-hybridized carbons (Fsp3) is 0.692. The minimum atomic E-state index is -1.39. The number of hydrogen-bond donors (Lipinski definition) is 4. The SMILES string of the molecule is CC(=O)N[C@@H]1COC(=O)N1Cc1cn([C@H]2OC[C@@H](O)[C@H](O)[C@H]2O)nn1. The van der Waals surface area contributed by atoms with Gasteiger partial charge < -0.3 is 30.1 Å². The van der Waals surface area contributed by atoms with Crippen LogP contribution in [0.2, 0.25) is 0 Å². The summed E-state index contributed by atoms with van der Waals surface area (Å²) in [6.07, 6.45) is -4.73. The van der Waals surface area contributed by atoms with E-state index < -0.39 is 36.8 Å². The number of cyclic esters (lactones) is 1. The van der Waals surface area contributed by atoms with Crippen molar-refractivity contribution in [1.29, 1.82) is 0 Å². The number of rotatable bonds is 4. The van der Waals surface area contributed by atoms with Crippen LogP contribution in [0.15, 0.2) is 6.20 Å². The molecule has 0 radical (unpaired) electrons. The zero-order chi connectivity index (χ0) is 18.1. The van der Waals surface area contributed by atoms with Crippen molar-refractivity contribution in [1.82, 2.24) is 25.2 Å². The van der Waals surface area contributed by atoms with Crippen LogP contribution in [0.5, 0.6) is 0 Å². The van der Waals surface area contributed by atoms with Crippen molar-refractivity contribution in [2.24, 2.45) is 0 Å². The van der Waals surface area contributed by atoms with Crippen LogP contribution in [0.25, 0.3) is 0 Å². The first-order valence-corrected chi connectivity index (χ1v) is 7.64. The minimum absolute atomic E-state index is 0.0256. The number of nitrogens with zero attached hydrogens (tertiary/aromatic N) is 4. The van der Waals surface area contributed by atoms with Crippen LogP contribution < -0.4 is 5.32 Å². The van der Waals surface area contributed by atoms with Gasteiger partial charge in [0.1, 0.15) is 36.8 Å². The van der Waals surface area contributed by atoms with Crippen LogP contribution in [0, 0.1) is 0 Å². The number of ether oxygens (including phenoxy) is 2. The highest BCUT2D eigenvalue weighted by Gasteiger charge is 2.39. The van der Waals surface area contributed by atoms with E-state index in [1.54, 1.807) is 0 Å². The predicted octanol–water partition coefficient (Wildman–Crippen LogP) is -2.70. The van der Waals surface area contributed by atoms with Gasteiger partial charge >= 0.3 is 6.09 Å². The molecule has 2 fully saturated rings. The number of nitrogens with one attached hydrogen (secondary N) is 1. The molecule has 0 saturated carbocycles. The van der Waals surface area contributed by atoms with Crippen LogP contribution in [0.1, 0.15) is 18.8 Å². The van der Waals surface area contributed by atoms with Gasteiger partial charge in [-0.15, -0.1) is 5.10 Å². The summed E-state index contributed by atoms with van der Waals surface area (Å²) in [5.41, 5.74) is 0.366. The Hall–Kier alpha value is -2.28. The largest absolute Gasteiger partial charge is 0.445 e. The van der Waals surface area contributed by atoms with Crippen molar-refractivity contribution in [2.75, 3.05) is 13.2 Å². The van der Waals surface area contributed by atoms with Gasteiger partial charge in [-0.25, -0.2) is 9.48 Å². The molecule has 25 heavy (non-hydrogen) atoms. The Morgan fingerprint density at radius 3 is 2.84 bits per heavy atom. The quantitative estimate of drug-likeness (QED) is 0.450. The molecule has 0 unspecified atom stereocenters. The molecule has 0 aromatic carbocycles. The lowest BCUT2D eigenvalue weighted by Gasteiger charge is -2.34. The molecule has 2 aliphatic heterocycles. The first kappa shape index (κ1) is 17.5. The van der Waals surface area contributed by atoms with Crippen molar-refractivity contribution in [3.63, 3.8) is 0 Å². The molecule has 138 valence electrons. The van der Waals surface area contributed by atoms with E-state index in [-0.39, 0.29) is 25.7 Å². The molecule has 3 heterocycles. The van der Waals surface area contributed by atoms with E-state index >= 15 is 0 Å². The fourth-order valence-electron chi connectivity index (χ4n) is 2.69. The summed E-state index contributed by atoms with van der Waals surface area (Å²) in [6, 6.07) is 0. The number of aliphatic hydroxyl groups is 3. The molecule has 1 aromatic heterocycles. The lowest BCUT2D eigenvalue weighted by molar-refractivity contribution is -0.214. The lowest BCUT2D eigenvalue weighted by atomic mass is 10.0. The van der Waals surface area contributed by atoms with Gasteiger partial charge in [-0.3, -0.25) is 9.69 Å². The molecule has 5 atom stereocenters. The molecule has 2 amide bonds. The first-order chi connectivity index (χ1) is 11.9. The van der Waals surface area contributed by atoms with Gasteiger partial charge in [0.05, 0.1) is 19.3 Å². The molecule has 0 spiro atoms. The maximum Gasteiger partial charge on any atom is 0.412 e. The Morgan fingerprint density at radius 1 is 1.36 bits per heavy atom. The van der Waals surface area contributed by atoms with E-state index in [4.69, 9.17) is 9.47 Å². The summed E-state index contributed by atoms with van der Waals surface area (Å²) in [7, 11) is 0. The maximum absolute atomic E-state index is 11.8. The Morgan fingerprint density at radius 2 is 2.12 bits per heavy atom. The third-order valence-corrected chi connectivity index (χ3v) is 3.97. The standard InChI is InChI=1S/C13H19N5O7/c1-6(19)14-9-5-25-13(23)17(9)2-7-3-18(16-15-7)12-11(22)10(21)8(20)4-24-12/h3,8-12,20-22H,2,4-5H2,1H3,(H,14,19)/t8-,9+,10+,11-,12+/m1/s1. The molecule has 12 heteroatoms. The van der Waals surface area contributed by atoms with Crippen molar-refractivity contribution >= 4 is 12.0 Å². The molecule has 2 saturated heterocycles. The van der Waals surface area contributed by atoms with Gasteiger partial charge in [-0.1, -0.05) is 5.21 Å². The van der Waals surface area contributed by atoms with Crippen LogP contribution >= 0.6 is 0 Å². The van der Waals surface area contributed by atoms with Crippen molar-refractivity contribution in [3.8, 4) is 0 Å². The third-order valence-electron chi connectivity index (χ3n) is 3.97. The number of amides is 2. The van der Waals surface area contributed by atoms with E-state index in [9.17, 15) is 24.9 Å². The van der Waals surface area contributed by atoms with Crippen molar-refractivity contribution in [2.45, 2.75) is 44.2 Å². The minimum Gasteiger partial charge on any atom is -0.445 e. The van der Waals surface area contributed by atoms with Crippen LogP contribution in [0.4, 0.5) is 4.79 Å². The summed E-state index contributed by atoms with van der Waals surface area (Å²) in [4.78, 5) is 24.2. The van der Waals surface area contributed by atoms with E-state index in [1.807, 2.05) is 0 Å². The average Bonchev–Trinajstić information content (AvgIpc) is 3.14. The Kier molecular flexibility index (Phi) is 4.85. The summed E-state index contributed by atoms with van der Waals surface area (Å²) in [5.74, 6) is -0.303. The Labute approximate surface area is 141 Å². The maximum atomic E-state index is 11.8. The van der Waals surface area contributed by atoms with Gasteiger partial charge in [0.2, 0.25) is 5.91 Å². The number of aromatic nitrogens is 3. The number of carbonyl (C=O) groups is 2. The zero-order valence-electron chi connectivity index (χ0n) is 13.3. The van der Waals surface area contributed by atoms with Crippen molar-refractivity contribution < 1.29 is 34.4 Å². The van der Waals surface area contributed by atoms with Gasteiger partial charge in [0, 0.05) is 6.92 Å². The van der Waals surface area contributed by atoms with E-state index in [0.29, 0.717) is 5.69 Å². The number of aliphatic hydroxyl groups excluding tert-OH is 3. The molecule has 12 nitrogen and oxygen atoms in total. The third kappa shape index (κ3) is 3.56. The zero-order valence-corrected chi connectivity index (χ0v) is 13.3. The number of hydrogen-bond acceptors (Lipinski definition) is 9. The molecule has 2 aliphatic rings. The second-order valence-corrected chi connectivity index (χ2v) is 5.88. The van der Waals surface area contributed by atoms with E-state index in [1.165, 1.54) is 22.7 Å². The highest BCUT2D eigenvalue weighted by molar-refractivity contribution is 5.75. The van der Waals surface area contributed by atoms with E-state index in [2.05, 4.69) is 15.6 Å². The summed E-state index contributed by atoms with van der Waals surface area (Å²) < 4.78 is 11.4. The first-order valence-electron chi connectivity index (χ1n) is 7.64. The summed E-state index contributed by atoms with van der Waals surface area (Å²) in [5, 5.41) is 39.5. The molecule has 1 aromatic rings. The lowest BCUT2D eigenvalue weighted by Crippen LogP contribution is -2.50. The predicted molar refractivity (Wildman–Crippen MR) is 77.5 cm³/mol. The Bertz CT molecular complexity index is 652. The average molecular weight is 357 g/mol. The molecule has 0 aliphatic carbocycles. The molecule has 4 N–H and O–H groups in total. The highest BCUT2D eigenvalue weighted by Crippen LogP contribution is 2.24. The monoisotopic (exact) mass is 357 g/mol. The van der Waals surface area contributed by atoms with Crippen LogP contribution in [-0.2, 0) is 20.8 Å².